The number of nitrogens with one attached hydrogen (secondary N) is 1. The molecule has 0 saturated heterocycles. The van der Waals surface area contributed by atoms with E-state index in [-0.39, 0.29) is 11.5 Å². The van der Waals surface area contributed by atoms with Gasteiger partial charge in [-0.1, -0.05) is 6.07 Å². The van der Waals surface area contributed by atoms with Gasteiger partial charge in [0.05, 0.1) is 0 Å². The Labute approximate surface area is 136 Å². The second-order valence-electron chi connectivity index (χ2n) is 5.02. The molecule has 1 heterocycles. The Hall–Kier alpha value is -2.90. The van der Waals surface area contributed by atoms with Crippen LogP contribution < -0.4 is 19.8 Å². The molecule has 0 bridgehead atoms. The van der Waals surface area contributed by atoms with Gasteiger partial charge in [0.2, 0.25) is 0 Å². The van der Waals surface area contributed by atoms with Gasteiger partial charge in [0.15, 0.2) is 0 Å². The number of hydrogen-bond donors (Lipinski definition) is 1. The third-order valence-electron chi connectivity index (χ3n) is 3.28. The van der Waals surface area contributed by atoms with Gasteiger partial charge < -0.3 is 14.4 Å². The minimum absolute atomic E-state index is 0.255. The minimum Gasteiger partial charge on any atom is -0.457 e. The van der Waals surface area contributed by atoms with Gasteiger partial charge >= 0.3 is 6.36 Å². The fourth-order valence-corrected chi connectivity index (χ4v) is 2.24. The summed E-state index contributed by atoms with van der Waals surface area (Å²) in [5.74, 6) is 1.28. The van der Waals surface area contributed by atoms with Crippen LogP contribution in [0.1, 0.15) is 6.92 Å². The van der Waals surface area contributed by atoms with E-state index in [0.717, 1.165) is 11.5 Å². The molecule has 5 nitrogen and oxygen atoms in total. The quantitative estimate of drug-likeness (QED) is 0.913. The Morgan fingerprint density at radius 2 is 1.75 bits per heavy atom. The molecule has 0 unspecified atom stereocenters. The first-order valence-electron chi connectivity index (χ1n) is 7.09. The molecule has 0 atom stereocenters. The number of rotatable bonds is 4. The summed E-state index contributed by atoms with van der Waals surface area (Å²) in [6, 6.07) is 12.5. The molecule has 0 aliphatic carbocycles. The summed E-state index contributed by atoms with van der Waals surface area (Å²) in [5, 5.41) is 4.08. The van der Waals surface area contributed by atoms with Crippen LogP contribution in [0.5, 0.6) is 17.2 Å². The fourth-order valence-electron chi connectivity index (χ4n) is 2.24. The van der Waals surface area contributed by atoms with Crippen molar-refractivity contribution in [3.8, 4) is 17.2 Å². The van der Waals surface area contributed by atoms with Crippen molar-refractivity contribution in [2.75, 3.05) is 11.6 Å². The Morgan fingerprint density at radius 3 is 2.38 bits per heavy atom. The van der Waals surface area contributed by atoms with Crippen LogP contribution in [-0.2, 0) is 0 Å². The maximum Gasteiger partial charge on any atom is 0.573 e. The van der Waals surface area contributed by atoms with Gasteiger partial charge in [0.25, 0.3) is 0 Å². The Balaban J connectivity index is 1.70. The van der Waals surface area contributed by atoms with Crippen LogP contribution in [0.3, 0.4) is 0 Å². The van der Waals surface area contributed by atoms with E-state index < -0.39 is 6.36 Å². The van der Waals surface area contributed by atoms with Crippen molar-refractivity contribution in [3.05, 3.63) is 48.5 Å². The average molecular weight is 337 g/mol. The summed E-state index contributed by atoms with van der Waals surface area (Å²) >= 11 is 0. The van der Waals surface area contributed by atoms with Crippen molar-refractivity contribution >= 4 is 11.5 Å². The van der Waals surface area contributed by atoms with E-state index in [9.17, 15) is 13.2 Å². The molecule has 3 rings (SSSR count). The summed E-state index contributed by atoms with van der Waals surface area (Å²) in [7, 11) is 0. The number of hydrogen-bond acceptors (Lipinski definition) is 5. The molecule has 1 aliphatic rings. The molecular weight excluding hydrogens is 323 g/mol. The van der Waals surface area contributed by atoms with Gasteiger partial charge in [-0.25, -0.2) is 0 Å². The Kier molecular flexibility index (Phi) is 4.20. The lowest BCUT2D eigenvalue weighted by Crippen LogP contribution is -2.27. The van der Waals surface area contributed by atoms with Gasteiger partial charge in [-0.2, -0.15) is 5.10 Å². The van der Waals surface area contributed by atoms with Crippen molar-refractivity contribution in [1.82, 2.24) is 5.43 Å². The monoisotopic (exact) mass is 337 g/mol. The second-order valence-corrected chi connectivity index (χ2v) is 5.02. The molecule has 0 amide bonds. The molecule has 0 radical (unpaired) electrons. The zero-order valence-corrected chi connectivity index (χ0v) is 12.7. The smallest absolute Gasteiger partial charge is 0.457 e. The second kappa shape index (κ2) is 6.31. The van der Waals surface area contributed by atoms with Crippen molar-refractivity contribution < 1.29 is 22.6 Å². The lowest BCUT2D eigenvalue weighted by Gasteiger charge is -2.17. The lowest BCUT2D eigenvalue weighted by atomic mass is 10.2. The molecule has 0 fully saturated rings. The predicted molar refractivity (Wildman–Crippen MR) is 83.2 cm³/mol. The van der Waals surface area contributed by atoms with Gasteiger partial charge in [-0.3, -0.25) is 5.43 Å². The Bertz CT molecular complexity index is 745. The maximum absolute atomic E-state index is 12.2. The first-order valence-corrected chi connectivity index (χ1v) is 7.09. The highest BCUT2D eigenvalue weighted by atomic mass is 19.4. The molecule has 0 spiro atoms. The van der Waals surface area contributed by atoms with Crippen LogP contribution in [0.25, 0.3) is 0 Å². The van der Waals surface area contributed by atoms with Crippen LogP contribution in [0, 0.1) is 0 Å². The number of hydrazone groups is 1. The number of alkyl halides is 3. The van der Waals surface area contributed by atoms with Crippen LogP contribution in [-0.4, -0.2) is 18.9 Å². The van der Waals surface area contributed by atoms with E-state index in [1.54, 1.807) is 18.2 Å². The van der Waals surface area contributed by atoms with Crippen LogP contribution in [0.2, 0.25) is 0 Å². The number of amidine groups is 1. The SMILES string of the molecule is CC1=NNCN1c1ccc(Oc2cccc(OC(F)(F)F)c2)cc1. The number of anilines is 1. The molecule has 8 heteroatoms. The van der Waals surface area contributed by atoms with Crippen molar-refractivity contribution in [2.45, 2.75) is 13.3 Å². The third kappa shape index (κ3) is 3.89. The van der Waals surface area contributed by atoms with Crippen molar-refractivity contribution in [3.63, 3.8) is 0 Å². The van der Waals surface area contributed by atoms with Gasteiger partial charge in [0.1, 0.15) is 29.8 Å². The molecule has 126 valence electrons. The first kappa shape index (κ1) is 16.0. The van der Waals surface area contributed by atoms with Gasteiger partial charge in [0, 0.05) is 11.8 Å². The Morgan fingerprint density at radius 1 is 1.04 bits per heavy atom. The van der Waals surface area contributed by atoms with Gasteiger partial charge in [-0.05, 0) is 43.3 Å². The van der Waals surface area contributed by atoms with E-state index in [1.165, 1.54) is 18.2 Å². The standard InChI is InChI=1S/C16H14F3N3O2/c1-11-21-20-10-22(11)12-5-7-13(8-6-12)23-14-3-2-4-15(9-14)24-16(17,18)19/h2-9,20H,10H2,1H3. The number of halogens is 3. The summed E-state index contributed by atoms with van der Waals surface area (Å²) in [6.07, 6.45) is -4.73. The van der Waals surface area contributed by atoms with E-state index in [1.807, 2.05) is 24.0 Å². The summed E-state index contributed by atoms with van der Waals surface area (Å²) in [4.78, 5) is 1.97. The average Bonchev–Trinajstić information content (AvgIpc) is 2.93. The highest BCUT2D eigenvalue weighted by molar-refractivity contribution is 5.96. The lowest BCUT2D eigenvalue weighted by molar-refractivity contribution is -0.274. The zero-order valence-electron chi connectivity index (χ0n) is 12.7. The highest BCUT2D eigenvalue weighted by Crippen LogP contribution is 2.29. The van der Waals surface area contributed by atoms with E-state index in [2.05, 4.69) is 15.3 Å². The zero-order chi connectivity index (χ0) is 17.2. The minimum atomic E-state index is -4.73. The number of ether oxygens (including phenoxy) is 2. The van der Waals surface area contributed by atoms with Crippen LogP contribution >= 0.6 is 0 Å². The molecule has 2 aromatic carbocycles. The first-order chi connectivity index (χ1) is 11.4. The van der Waals surface area contributed by atoms with E-state index >= 15 is 0 Å². The van der Waals surface area contributed by atoms with Crippen molar-refractivity contribution in [1.29, 1.82) is 0 Å². The predicted octanol–water partition coefficient (Wildman–Crippen LogP) is 4.08. The third-order valence-corrected chi connectivity index (χ3v) is 3.28. The molecule has 2 aromatic rings. The molecule has 0 saturated carbocycles. The van der Waals surface area contributed by atoms with Crippen molar-refractivity contribution in [2.24, 2.45) is 5.10 Å². The van der Waals surface area contributed by atoms with E-state index in [4.69, 9.17) is 4.74 Å². The topological polar surface area (TPSA) is 46.1 Å². The fraction of sp³-hybridized carbons (Fsp3) is 0.188. The number of nitrogens with zero attached hydrogens (tertiary/aromatic N) is 2. The molecule has 1 N–H and O–H groups in total. The molecule has 24 heavy (non-hydrogen) atoms. The number of benzene rings is 2. The highest BCUT2D eigenvalue weighted by Gasteiger charge is 2.31. The van der Waals surface area contributed by atoms with E-state index in [0.29, 0.717) is 12.4 Å². The molecular formula is C16H14F3N3O2. The summed E-state index contributed by atoms with van der Waals surface area (Å²) < 4.78 is 46.2. The normalized spacial score (nSPS) is 14.2. The molecule has 1 aliphatic heterocycles. The maximum atomic E-state index is 12.2. The summed E-state index contributed by atoms with van der Waals surface area (Å²) in [6.45, 7) is 2.47. The largest absolute Gasteiger partial charge is 0.573 e. The van der Waals surface area contributed by atoms with Crippen LogP contribution in [0.4, 0.5) is 18.9 Å². The summed E-state index contributed by atoms with van der Waals surface area (Å²) in [5.41, 5.74) is 3.81. The van der Waals surface area contributed by atoms with Crippen LogP contribution in [0.15, 0.2) is 53.6 Å². The van der Waals surface area contributed by atoms with Gasteiger partial charge in [-0.15, -0.1) is 13.2 Å². The molecule has 0 aromatic heterocycles.